The van der Waals surface area contributed by atoms with Gasteiger partial charge in [0, 0.05) is 6.00 Å². The Bertz CT molecular complexity index is 94.9. The van der Waals surface area contributed by atoms with Gasteiger partial charge in [-0.1, -0.05) is 13.8 Å². The van der Waals surface area contributed by atoms with Crippen molar-refractivity contribution in [2.45, 2.75) is 38.8 Å². The first kappa shape index (κ1) is 7.14. The number of hydrogen-bond acceptors (Lipinski definition) is 1. The molecule has 0 saturated carbocycles. The summed E-state index contributed by atoms with van der Waals surface area (Å²) in [5.74, 6) is 0.657. The third-order valence-electron chi connectivity index (χ3n) is 1.99. The molecule has 50 valence electrons. The van der Waals surface area contributed by atoms with Gasteiger partial charge in [0.05, 0.1) is 6.10 Å². The monoisotopic (exact) mass is 124 g/mol. The van der Waals surface area contributed by atoms with Gasteiger partial charge in [0.25, 0.3) is 0 Å². The van der Waals surface area contributed by atoms with Gasteiger partial charge >= 0.3 is 0 Å². The zero-order valence-electron chi connectivity index (χ0n) is 6.13. The van der Waals surface area contributed by atoms with E-state index in [1.807, 2.05) is 0 Å². The predicted octanol–water partition coefficient (Wildman–Crippen LogP) is 1.32. The van der Waals surface area contributed by atoms with E-state index >= 15 is 0 Å². The minimum Gasteiger partial charge on any atom is -0.384 e. The predicted molar refractivity (Wildman–Crippen MR) is 38.5 cm³/mol. The number of rotatable bonds is 1. The van der Waals surface area contributed by atoms with Gasteiger partial charge in [0.2, 0.25) is 0 Å². The van der Waals surface area contributed by atoms with Crippen molar-refractivity contribution in [2.75, 3.05) is 0 Å². The van der Waals surface area contributed by atoms with E-state index in [-0.39, 0.29) is 6.00 Å². The minimum atomic E-state index is 0.00458. The third kappa shape index (κ3) is 1.48. The molecule has 1 rings (SSSR count). The van der Waals surface area contributed by atoms with Gasteiger partial charge in [-0.25, -0.2) is 0 Å². The first-order valence-electron chi connectivity index (χ1n) is 3.65. The standard InChI is InChI=1S/C7H13BO/c1-3-6-5(2)4-7(8)9-6/h5-7H,3-4H2,1-2H3/t5-,6+,7+/m1/s1. The summed E-state index contributed by atoms with van der Waals surface area (Å²) in [6.07, 6.45) is 2.54. The van der Waals surface area contributed by atoms with Gasteiger partial charge in [0.1, 0.15) is 7.85 Å². The van der Waals surface area contributed by atoms with Crippen LogP contribution in [0, 0.1) is 5.92 Å². The summed E-state index contributed by atoms with van der Waals surface area (Å²) in [7, 11) is 5.57. The smallest absolute Gasteiger partial charge is 0.109 e. The number of ether oxygens (including phenoxy) is 1. The molecule has 0 aromatic carbocycles. The average Bonchev–Trinajstić information content (AvgIpc) is 2.10. The zero-order chi connectivity index (χ0) is 6.85. The van der Waals surface area contributed by atoms with E-state index in [0.29, 0.717) is 12.0 Å². The molecule has 0 amide bonds. The maximum absolute atomic E-state index is 5.57. The van der Waals surface area contributed by atoms with E-state index in [0.717, 1.165) is 12.8 Å². The van der Waals surface area contributed by atoms with Crippen LogP contribution in [0.4, 0.5) is 0 Å². The summed E-state index contributed by atoms with van der Waals surface area (Å²) < 4.78 is 5.40. The van der Waals surface area contributed by atoms with Gasteiger partial charge in [0.15, 0.2) is 0 Å². The van der Waals surface area contributed by atoms with Gasteiger partial charge in [-0.15, -0.1) is 0 Å². The van der Waals surface area contributed by atoms with Crippen LogP contribution in [0.5, 0.6) is 0 Å². The van der Waals surface area contributed by atoms with Crippen molar-refractivity contribution < 1.29 is 4.74 Å². The minimum absolute atomic E-state index is 0.00458. The summed E-state index contributed by atoms with van der Waals surface area (Å²) in [4.78, 5) is 0. The molecule has 1 aliphatic heterocycles. The summed E-state index contributed by atoms with van der Waals surface area (Å²) in [5, 5.41) is 0. The zero-order valence-corrected chi connectivity index (χ0v) is 6.13. The van der Waals surface area contributed by atoms with Crippen molar-refractivity contribution in [2.24, 2.45) is 5.92 Å². The highest BCUT2D eigenvalue weighted by molar-refractivity contribution is 6.11. The van der Waals surface area contributed by atoms with Crippen LogP contribution in [0.15, 0.2) is 0 Å². The lowest BCUT2D eigenvalue weighted by atomic mass is 9.91. The lowest BCUT2D eigenvalue weighted by molar-refractivity contribution is 0.0718. The lowest BCUT2D eigenvalue weighted by Crippen LogP contribution is -2.12. The highest BCUT2D eigenvalue weighted by atomic mass is 16.5. The summed E-state index contributed by atoms with van der Waals surface area (Å²) >= 11 is 0. The van der Waals surface area contributed by atoms with Crippen molar-refractivity contribution in [1.29, 1.82) is 0 Å². The van der Waals surface area contributed by atoms with Crippen LogP contribution in [0.3, 0.4) is 0 Å². The second kappa shape index (κ2) is 2.74. The molecule has 0 aromatic rings. The van der Waals surface area contributed by atoms with Crippen LogP contribution in [0.1, 0.15) is 26.7 Å². The van der Waals surface area contributed by atoms with Crippen LogP contribution >= 0.6 is 0 Å². The van der Waals surface area contributed by atoms with E-state index < -0.39 is 0 Å². The van der Waals surface area contributed by atoms with Crippen molar-refractivity contribution >= 4 is 7.85 Å². The molecule has 2 heteroatoms. The van der Waals surface area contributed by atoms with Crippen LogP contribution in [-0.2, 0) is 4.74 Å². The Morgan fingerprint density at radius 2 is 2.33 bits per heavy atom. The molecule has 1 aliphatic rings. The molecule has 0 aromatic heterocycles. The Kier molecular flexibility index (Phi) is 2.17. The Hall–Kier alpha value is 0.0249. The highest BCUT2D eigenvalue weighted by Gasteiger charge is 2.26. The summed E-state index contributed by atoms with van der Waals surface area (Å²) in [6.45, 7) is 4.33. The average molecular weight is 124 g/mol. The summed E-state index contributed by atoms with van der Waals surface area (Å²) in [5.41, 5.74) is 0. The van der Waals surface area contributed by atoms with E-state index in [9.17, 15) is 0 Å². The maximum atomic E-state index is 5.57. The van der Waals surface area contributed by atoms with E-state index in [4.69, 9.17) is 12.6 Å². The van der Waals surface area contributed by atoms with Crippen LogP contribution in [-0.4, -0.2) is 20.0 Å². The number of hydrogen-bond donors (Lipinski definition) is 0. The summed E-state index contributed by atoms with van der Waals surface area (Å²) in [6, 6.07) is 0.00458. The largest absolute Gasteiger partial charge is 0.384 e. The van der Waals surface area contributed by atoms with Crippen molar-refractivity contribution in [3.8, 4) is 0 Å². The normalized spacial score (nSPS) is 43.6. The molecule has 1 saturated heterocycles. The van der Waals surface area contributed by atoms with Gasteiger partial charge in [-0.2, -0.15) is 0 Å². The van der Waals surface area contributed by atoms with Gasteiger partial charge in [-0.05, 0) is 18.8 Å². The first-order chi connectivity index (χ1) is 4.24. The van der Waals surface area contributed by atoms with Crippen molar-refractivity contribution in [3.05, 3.63) is 0 Å². The molecule has 1 heterocycles. The van der Waals surface area contributed by atoms with E-state index in [2.05, 4.69) is 13.8 Å². The fraction of sp³-hybridized carbons (Fsp3) is 1.00. The molecular formula is C7H13BO. The fourth-order valence-corrected chi connectivity index (χ4v) is 1.43. The van der Waals surface area contributed by atoms with E-state index in [1.165, 1.54) is 0 Å². The van der Waals surface area contributed by atoms with Crippen molar-refractivity contribution in [3.63, 3.8) is 0 Å². The maximum Gasteiger partial charge on any atom is 0.109 e. The third-order valence-corrected chi connectivity index (χ3v) is 1.99. The van der Waals surface area contributed by atoms with Crippen LogP contribution < -0.4 is 0 Å². The van der Waals surface area contributed by atoms with Gasteiger partial charge in [-0.3, -0.25) is 0 Å². The Labute approximate surface area is 58.2 Å². The molecule has 2 radical (unpaired) electrons. The molecular weight excluding hydrogens is 111 g/mol. The second-order valence-corrected chi connectivity index (χ2v) is 2.83. The first-order valence-corrected chi connectivity index (χ1v) is 3.65. The van der Waals surface area contributed by atoms with Gasteiger partial charge < -0.3 is 4.74 Å². The molecule has 0 bridgehead atoms. The van der Waals surface area contributed by atoms with Crippen LogP contribution in [0.25, 0.3) is 0 Å². The van der Waals surface area contributed by atoms with Crippen molar-refractivity contribution in [1.82, 2.24) is 0 Å². The molecule has 0 spiro atoms. The molecule has 0 unspecified atom stereocenters. The SMILES string of the molecule is [B][C@@H]1C[C@@H](C)[C@H](CC)O1. The molecule has 0 N–H and O–H groups in total. The van der Waals surface area contributed by atoms with E-state index in [1.54, 1.807) is 0 Å². The Balaban J connectivity index is 2.38. The topological polar surface area (TPSA) is 9.23 Å². The second-order valence-electron chi connectivity index (χ2n) is 2.83. The Morgan fingerprint density at radius 3 is 2.56 bits per heavy atom. The molecule has 1 nitrogen and oxygen atoms in total. The molecule has 9 heavy (non-hydrogen) atoms. The van der Waals surface area contributed by atoms with Crippen LogP contribution in [0.2, 0.25) is 0 Å². The molecule has 3 atom stereocenters. The lowest BCUT2D eigenvalue weighted by Gasteiger charge is -2.10. The Morgan fingerprint density at radius 1 is 1.67 bits per heavy atom. The highest BCUT2D eigenvalue weighted by Crippen LogP contribution is 2.25. The molecule has 0 aliphatic carbocycles. The quantitative estimate of drug-likeness (QED) is 0.479. The molecule has 1 fully saturated rings. The fourth-order valence-electron chi connectivity index (χ4n) is 1.43.